The Bertz CT molecular complexity index is 698. The lowest BCUT2D eigenvalue weighted by Crippen LogP contribution is -1.99. The summed E-state index contributed by atoms with van der Waals surface area (Å²) in [4.78, 5) is 0. The first-order valence-electron chi connectivity index (χ1n) is 6.16. The molecule has 3 aromatic rings. The summed E-state index contributed by atoms with van der Waals surface area (Å²) >= 11 is 5.96. The van der Waals surface area contributed by atoms with Gasteiger partial charge in [-0.15, -0.1) is 10.2 Å². The molecule has 1 aromatic heterocycles. The van der Waals surface area contributed by atoms with Gasteiger partial charge < -0.3 is 9.73 Å². The third kappa shape index (κ3) is 2.97. The van der Waals surface area contributed by atoms with Gasteiger partial charge in [0, 0.05) is 22.8 Å². The van der Waals surface area contributed by atoms with Crippen molar-refractivity contribution in [3.63, 3.8) is 0 Å². The van der Waals surface area contributed by atoms with Gasteiger partial charge in [0.25, 0.3) is 0 Å². The van der Waals surface area contributed by atoms with E-state index in [4.69, 9.17) is 16.0 Å². The van der Waals surface area contributed by atoms with Crippen molar-refractivity contribution in [1.82, 2.24) is 10.2 Å². The van der Waals surface area contributed by atoms with Gasteiger partial charge in [-0.1, -0.05) is 29.8 Å². The lowest BCUT2D eigenvalue weighted by Gasteiger charge is -2.07. The number of anilines is 1. The highest BCUT2D eigenvalue weighted by Gasteiger charge is 2.04. The predicted molar refractivity (Wildman–Crippen MR) is 78.5 cm³/mol. The molecule has 3 rings (SSSR count). The molecule has 0 fully saturated rings. The minimum Gasteiger partial charge on any atom is -0.423 e. The fourth-order valence-electron chi connectivity index (χ4n) is 1.91. The van der Waals surface area contributed by atoms with Gasteiger partial charge in [0.2, 0.25) is 12.3 Å². The van der Waals surface area contributed by atoms with Crippen molar-refractivity contribution >= 4 is 17.3 Å². The van der Waals surface area contributed by atoms with Crippen molar-refractivity contribution in [3.05, 3.63) is 65.5 Å². The zero-order chi connectivity index (χ0) is 13.8. The van der Waals surface area contributed by atoms with E-state index in [1.807, 2.05) is 48.5 Å². The fourth-order valence-corrected chi connectivity index (χ4v) is 2.12. The number of nitrogens with one attached hydrogen (secondary N) is 1. The van der Waals surface area contributed by atoms with Crippen molar-refractivity contribution < 1.29 is 4.42 Å². The Morgan fingerprint density at radius 2 is 2.00 bits per heavy atom. The molecule has 0 unspecified atom stereocenters. The molecule has 5 heteroatoms. The summed E-state index contributed by atoms with van der Waals surface area (Å²) in [5.74, 6) is 0.511. The average Bonchev–Trinajstić information content (AvgIpc) is 3.00. The minimum absolute atomic E-state index is 0.511. The van der Waals surface area contributed by atoms with Gasteiger partial charge in [-0.05, 0) is 35.9 Å². The number of rotatable bonds is 4. The Hall–Kier alpha value is -2.33. The summed E-state index contributed by atoms with van der Waals surface area (Å²) in [7, 11) is 0. The Kier molecular flexibility index (Phi) is 3.65. The first-order valence-corrected chi connectivity index (χ1v) is 6.54. The number of benzene rings is 2. The normalized spacial score (nSPS) is 10.4. The second-order valence-electron chi connectivity index (χ2n) is 4.31. The van der Waals surface area contributed by atoms with Crippen molar-refractivity contribution in [3.8, 4) is 11.5 Å². The molecule has 0 atom stereocenters. The number of hydrogen-bond donors (Lipinski definition) is 1. The summed E-state index contributed by atoms with van der Waals surface area (Å²) in [6.07, 6.45) is 1.32. The third-order valence-electron chi connectivity index (χ3n) is 2.86. The molecule has 0 saturated carbocycles. The second-order valence-corrected chi connectivity index (χ2v) is 4.74. The van der Waals surface area contributed by atoms with Crippen molar-refractivity contribution in [2.24, 2.45) is 0 Å². The molecule has 0 bridgehead atoms. The largest absolute Gasteiger partial charge is 0.423 e. The van der Waals surface area contributed by atoms with Crippen LogP contribution in [0.25, 0.3) is 11.5 Å². The van der Waals surface area contributed by atoms with Crippen LogP contribution in [0.2, 0.25) is 5.02 Å². The highest BCUT2D eigenvalue weighted by atomic mass is 35.5. The number of hydrogen-bond acceptors (Lipinski definition) is 4. The summed E-state index contributed by atoms with van der Waals surface area (Å²) in [6.45, 7) is 0.702. The van der Waals surface area contributed by atoms with E-state index >= 15 is 0 Å². The fraction of sp³-hybridized carbons (Fsp3) is 0.0667. The number of halogens is 1. The van der Waals surface area contributed by atoms with E-state index in [0.717, 1.165) is 21.8 Å². The molecule has 1 heterocycles. The summed E-state index contributed by atoms with van der Waals surface area (Å²) in [5.41, 5.74) is 3.00. The first-order chi connectivity index (χ1) is 9.81. The quantitative estimate of drug-likeness (QED) is 0.787. The maximum atomic E-state index is 5.96. The maximum absolute atomic E-state index is 5.96. The lowest BCUT2D eigenvalue weighted by atomic mass is 10.2. The highest BCUT2D eigenvalue weighted by Crippen LogP contribution is 2.21. The zero-order valence-electron chi connectivity index (χ0n) is 10.6. The van der Waals surface area contributed by atoms with Crippen LogP contribution in [-0.2, 0) is 6.54 Å². The Morgan fingerprint density at radius 3 is 2.80 bits per heavy atom. The Labute approximate surface area is 121 Å². The van der Waals surface area contributed by atoms with Gasteiger partial charge in [0.15, 0.2) is 0 Å². The van der Waals surface area contributed by atoms with Crippen LogP contribution in [0.4, 0.5) is 5.69 Å². The van der Waals surface area contributed by atoms with Crippen LogP contribution in [0.15, 0.2) is 59.3 Å². The molecular weight excluding hydrogens is 274 g/mol. The van der Waals surface area contributed by atoms with Gasteiger partial charge in [0.1, 0.15) is 0 Å². The lowest BCUT2D eigenvalue weighted by molar-refractivity contribution is 0.568. The Morgan fingerprint density at radius 1 is 1.10 bits per heavy atom. The molecule has 0 aliphatic rings. The smallest absolute Gasteiger partial charge is 0.247 e. The van der Waals surface area contributed by atoms with E-state index in [-0.39, 0.29) is 0 Å². The van der Waals surface area contributed by atoms with Crippen molar-refractivity contribution in [2.45, 2.75) is 6.54 Å². The van der Waals surface area contributed by atoms with E-state index in [9.17, 15) is 0 Å². The molecule has 0 radical (unpaired) electrons. The monoisotopic (exact) mass is 285 g/mol. The van der Waals surface area contributed by atoms with Crippen LogP contribution >= 0.6 is 11.6 Å². The summed E-state index contributed by atoms with van der Waals surface area (Å²) in [5, 5.41) is 11.7. The molecule has 1 N–H and O–H groups in total. The van der Waals surface area contributed by atoms with Crippen molar-refractivity contribution in [1.29, 1.82) is 0 Å². The molecule has 2 aromatic carbocycles. The number of nitrogens with zero attached hydrogens (tertiary/aromatic N) is 2. The molecule has 0 amide bonds. The molecule has 100 valence electrons. The topological polar surface area (TPSA) is 51.0 Å². The van der Waals surface area contributed by atoms with Gasteiger partial charge in [-0.25, -0.2) is 0 Å². The third-order valence-corrected chi connectivity index (χ3v) is 3.09. The molecule has 20 heavy (non-hydrogen) atoms. The van der Waals surface area contributed by atoms with Crippen LogP contribution in [0, 0.1) is 0 Å². The standard InChI is InChI=1S/C15H12ClN3O/c16-13-5-1-3-11(7-13)9-17-14-6-2-4-12(8-14)15-19-18-10-20-15/h1-8,10,17H,9H2. The second kappa shape index (κ2) is 5.75. The van der Waals surface area contributed by atoms with Gasteiger partial charge in [-0.2, -0.15) is 0 Å². The molecular formula is C15H12ClN3O. The molecule has 0 aliphatic heterocycles. The van der Waals surface area contributed by atoms with E-state index < -0.39 is 0 Å². The van der Waals surface area contributed by atoms with E-state index in [2.05, 4.69) is 15.5 Å². The average molecular weight is 286 g/mol. The summed E-state index contributed by atoms with van der Waals surface area (Å²) < 4.78 is 5.19. The van der Waals surface area contributed by atoms with Gasteiger partial charge >= 0.3 is 0 Å². The maximum Gasteiger partial charge on any atom is 0.247 e. The van der Waals surface area contributed by atoms with Crippen molar-refractivity contribution in [2.75, 3.05) is 5.32 Å². The minimum atomic E-state index is 0.511. The molecule has 4 nitrogen and oxygen atoms in total. The Balaban J connectivity index is 1.73. The van der Waals surface area contributed by atoms with Crippen LogP contribution in [0.3, 0.4) is 0 Å². The SMILES string of the molecule is Clc1cccc(CNc2cccc(-c3nnco3)c2)c1. The highest BCUT2D eigenvalue weighted by molar-refractivity contribution is 6.30. The van der Waals surface area contributed by atoms with Crippen LogP contribution in [-0.4, -0.2) is 10.2 Å². The molecule has 0 saturated heterocycles. The molecule has 0 aliphatic carbocycles. The van der Waals surface area contributed by atoms with Crippen LogP contribution in [0.1, 0.15) is 5.56 Å². The van der Waals surface area contributed by atoms with Crippen LogP contribution < -0.4 is 5.32 Å². The van der Waals surface area contributed by atoms with Gasteiger partial charge in [0.05, 0.1) is 0 Å². The first kappa shape index (κ1) is 12.7. The van der Waals surface area contributed by atoms with E-state index in [1.165, 1.54) is 6.39 Å². The number of aromatic nitrogens is 2. The van der Waals surface area contributed by atoms with Gasteiger partial charge in [-0.3, -0.25) is 0 Å². The van der Waals surface area contributed by atoms with E-state index in [0.29, 0.717) is 12.4 Å². The van der Waals surface area contributed by atoms with Crippen LogP contribution in [0.5, 0.6) is 0 Å². The predicted octanol–water partition coefficient (Wildman–Crippen LogP) is 4.00. The van der Waals surface area contributed by atoms with E-state index in [1.54, 1.807) is 0 Å². The summed E-state index contributed by atoms with van der Waals surface area (Å²) in [6, 6.07) is 15.6. The molecule has 0 spiro atoms. The zero-order valence-corrected chi connectivity index (χ0v) is 11.3.